The summed E-state index contributed by atoms with van der Waals surface area (Å²) in [4.78, 5) is 24.1. The van der Waals surface area contributed by atoms with Crippen molar-refractivity contribution in [2.75, 3.05) is 10.6 Å². The molecule has 0 fully saturated rings. The molecule has 2 amide bonds. The maximum atomic E-state index is 12.1. The third kappa shape index (κ3) is 5.66. The molecule has 6 nitrogen and oxygen atoms in total. The molecule has 0 aromatic heterocycles. The van der Waals surface area contributed by atoms with E-state index in [4.69, 9.17) is 10.00 Å². The molecule has 2 aromatic carbocycles. The fraction of sp³-hybridized carbons (Fsp3) is 0.211. The molecule has 0 aliphatic heterocycles. The van der Waals surface area contributed by atoms with Gasteiger partial charge in [-0.15, -0.1) is 0 Å². The first kappa shape index (κ1) is 18.0. The Labute approximate surface area is 146 Å². The standard InChI is InChI=1S/C19H19N3O3/c1-13(2)25-17-9-4-3-8-16(17)22-19(24)11-18(23)21-15-7-5-6-14(10-15)12-20/h3-10,13H,11H2,1-2H3,(H,21,23)(H,22,24). The molecule has 0 aliphatic rings. The molecule has 0 atom stereocenters. The molecule has 0 saturated carbocycles. The van der Waals surface area contributed by atoms with Crippen molar-refractivity contribution in [1.29, 1.82) is 5.26 Å². The number of nitriles is 1. The summed E-state index contributed by atoms with van der Waals surface area (Å²) in [5.41, 5.74) is 1.42. The first-order chi connectivity index (χ1) is 12.0. The minimum Gasteiger partial charge on any atom is -0.489 e. The molecule has 0 heterocycles. The molecule has 0 bridgehead atoms. The van der Waals surface area contributed by atoms with Gasteiger partial charge in [-0.1, -0.05) is 18.2 Å². The minimum atomic E-state index is -0.463. The number of hydrogen-bond acceptors (Lipinski definition) is 4. The van der Waals surface area contributed by atoms with Gasteiger partial charge in [-0.3, -0.25) is 9.59 Å². The van der Waals surface area contributed by atoms with Gasteiger partial charge < -0.3 is 15.4 Å². The second-order valence-electron chi connectivity index (χ2n) is 5.63. The third-order valence-corrected chi connectivity index (χ3v) is 3.12. The lowest BCUT2D eigenvalue weighted by Crippen LogP contribution is -2.22. The summed E-state index contributed by atoms with van der Waals surface area (Å²) in [6, 6.07) is 15.5. The van der Waals surface area contributed by atoms with Crippen molar-refractivity contribution in [3.63, 3.8) is 0 Å². The Morgan fingerprint density at radius 1 is 1.08 bits per heavy atom. The van der Waals surface area contributed by atoms with E-state index in [0.717, 1.165) is 0 Å². The number of carbonyl (C=O) groups is 2. The van der Waals surface area contributed by atoms with Gasteiger partial charge >= 0.3 is 0 Å². The Kier molecular flexibility index (Phi) is 6.13. The van der Waals surface area contributed by atoms with Gasteiger partial charge in [-0.05, 0) is 44.2 Å². The van der Waals surface area contributed by atoms with Gasteiger partial charge in [-0.2, -0.15) is 5.26 Å². The SMILES string of the molecule is CC(C)Oc1ccccc1NC(=O)CC(=O)Nc1cccc(C#N)c1. The number of para-hydroxylation sites is 2. The van der Waals surface area contributed by atoms with Crippen LogP contribution in [0.15, 0.2) is 48.5 Å². The van der Waals surface area contributed by atoms with Crippen LogP contribution in [0, 0.1) is 11.3 Å². The smallest absolute Gasteiger partial charge is 0.233 e. The van der Waals surface area contributed by atoms with Gasteiger partial charge in [-0.25, -0.2) is 0 Å². The van der Waals surface area contributed by atoms with Gasteiger partial charge in [0, 0.05) is 5.69 Å². The molecule has 0 aliphatic carbocycles. The Balaban J connectivity index is 1.96. The molecule has 0 saturated heterocycles. The summed E-state index contributed by atoms with van der Waals surface area (Å²) in [7, 11) is 0. The van der Waals surface area contributed by atoms with E-state index >= 15 is 0 Å². The van der Waals surface area contributed by atoms with Gasteiger partial charge in [0.1, 0.15) is 12.2 Å². The highest BCUT2D eigenvalue weighted by Crippen LogP contribution is 2.25. The summed E-state index contributed by atoms with van der Waals surface area (Å²) < 4.78 is 5.63. The maximum absolute atomic E-state index is 12.1. The molecule has 25 heavy (non-hydrogen) atoms. The highest BCUT2D eigenvalue weighted by molar-refractivity contribution is 6.08. The number of rotatable bonds is 6. The van der Waals surface area contributed by atoms with Gasteiger partial charge in [0.05, 0.1) is 23.4 Å². The largest absolute Gasteiger partial charge is 0.489 e. The van der Waals surface area contributed by atoms with Gasteiger partial charge in [0.25, 0.3) is 0 Å². The molecular formula is C19H19N3O3. The van der Waals surface area contributed by atoms with E-state index in [-0.39, 0.29) is 12.5 Å². The van der Waals surface area contributed by atoms with Crippen LogP contribution in [0.3, 0.4) is 0 Å². The van der Waals surface area contributed by atoms with E-state index in [0.29, 0.717) is 22.7 Å². The van der Waals surface area contributed by atoms with Crippen LogP contribution in [0.2, 0.25) is 0 Å². The first-order valence-corrected chi connectivity index (χ1v) is 7.83. The zero-order valence-electron chi connectivity index (χ0n) is 14.1. The van der Waals surface area contributed by atoms with Crippen LogP contribution < -0.4 is 15.4 Å². The summed E-state index contributed by atoms with van der Waals surface area (Å²) in [6.45, 7) is 3.78. The lowest BCUT2D eigenvalue weighted by atomic mass is 10.2. The fourth-order valence-electron chi connectivity index (χ4n) is 2.14. The lowest BCUT2D eigenvalue weighted by Gasteiger charge is -2.14. The first-order valence-electron chi connectivity index (χ1n) is 7.83. The normalized spacial score (nSPS) is 10.0. The van der Waals surface area contributed by atoms with Crippen molar-refractivity contribution in [3.8, 4) is 11.8 Å². The van der Waals surface area contributed by atoms with Crippen LogP contribution in [0.25, 0.3) is 0 Å². The Morgan fingerprint density at radius 3 is 2.52 bits per heavy atom. The Hall–Kier alpha value is -3.33. The number of anilines is 2. The second-order valence-corrected chi connectivity index (χ2v) is 5.63. The maximum Gasteiger partial charge on any atom is 0.233 e. The molecule has 6 heteroatoms. The Bertz CT molecular complexity index is 810. The monoisotopic (exact) mass is 337 g/mol. The predicted octanol–water partition coefficient (Wildman–Crippen LogP) is 3.31. The number of carbonyl (C=O) groups excluding carboxylic acids is 2. The number of amides is 2. The molecule has 128 valence electrons. The van der Waals surface area contributed by atoms with Crippen LogP contribution in [0.5, 0.6) is 5.75 Å². The van der Waals surface area contributed by atoms with Crippen molar-refractivity contribution in [3.05, 3.63) is 54.1 Å². The summed E-state index contributed by atoms with van der Waals surface area (Å²) in [6.07, 6.45) is -0.374. The van der Waals surface area contributed by atoms with E-state index in [1.54, 1.807) is 42.5 Å². The fourth-order valence-corrected chi connectivity index (χ4v) is 2.14. The number of benzene rings is 2. The lowest BCUT2D eigenvalue weighted by molar-refractivity contribution is -0.123. The Morgan fingerprint density at radius 2 is 1.80 bits per heavy atom. The molecular weight excluding hydrogens is 318 g/mol. The highest BCUT2D eigenvalue weighted by Gasteiger charge is 2.13. The quantitative estimate of drug-likeness (QED) is 0.791. The molecule has 0 radical (unpaired) electrons. The summed E-state index contributed by atoms with van der Waals surface area (Å²) in [5, 5.41) is 14.1. The summed E-state index contributed by atoms with van der Waals surface area (Å²) in [5.74, 6) is -0.364. The molecule has 2 rings (SSSR count). The van der Waals surface area contributed by atoms with Crippen LogP contribution >= 0.6 is 0 Å². The van der Waals surface area contributed by atoms with Crippen LogP contribution in [0.4, 0.5) is 11.4 Å². The zero-order chi connectivity index (χ0) is 18.2. The number of hydrogen-bond donors (Lipinski definition) is 2. The molecule has 0 spiro atoms. The van der Waals surface area contributed by atoms with E-state index in [9.17, 15) is 9.59 Å². The van der Waals surface area contributed by atoms with E-state index < -0.39 is 11.8 Å². The van der Waals surface area contributed by atoms with Crippen molar-refractivity contribution >= 4 is 23.2 Å². The highest BCUT2D eigenvalue weighted by atomic mass is 16.5. The molecule has 2 aromatic rings. The van der Waals surface area contributed by atoms with Gasteiger partial charge in [0.2, 0.25) is 11.8 Å². The van der Waals surface area contributed by atoms with Crippen molar-refractivity contribution < 1.29 is 14.3 Å². The predicted molar refractivity (Wildman–Crippen MR) is 95.2 cm³/mol. The topological polar surface area (TPSA) is 91.2 Å². The van der Waals surface area contributed by atoms with Crippen LogP contribution in [-0.4, -0.2) is 17.9 Å². The number of nitrogens with one attached hydrogen (secondary N) is 2. The molecule has 2 N–H and O–H groups in total. The summed E-state index contributed by atoms with van der Waals surface area (Å²) >= 11 is 0. The van der Waals surface area contributed by atoms with Crippen LogP contribution in [-0.2, 0) is 9.59 Å². The minimum absolute atomic E-state index is 0.0336. The zero-order valence-corrected chi connectivity index (χ0v) is 14.1. The van der Waals surface area contributed by atoms with E-state index in [1.165, 1.54) is 0 Å². The van der Waals surface area contributed by atoms with E-state index in [1.807, 2.05) is 26.0 Å². The average Bonchev–Trinajstić information content (AvgIpc) is 2.56. The van der Waals surface area contributed by atoms with E-state index in [2.05, 4.69) is 10.6 Å². The molecule has 0 unspecified atom stereocenters. The second kappa shape index (κ2) is 8.50. The van der Waals surface area contributed by atoms with Crippen LogP contribution in [0.1, 0.15) is 25.8 Å². The average molecular weight is 337 g/mol. The van der Waals surface area contributed by atoms with Crippen molar-refractivity contribution in [2.45, 2.75) is 26.4 Å². The number of ether oxygens (including phenoxy) is 1. The third-order valence-electron chi connectivity index (χ3n) is 3.12. The number of nitrogens with zero attached hydrogens (tertiary/aromatic N) is 1. The van der Waals surface area contributed by atoms with Crippen molar-refractivity contribution in [2.24, 2.45) is 0 Å². The van der Waals surface area contributed by atoms with Gasteiger partial charge in [0.15, 0.2) is 0 Å². The van der Waals surface area contributed by atoms with Crippen molar-refractivity contribution in [1.82, 2.24) is 0 Å².